The van der Waals surface area contributed by atoms with Crippen LogP contribution in [0.3, 0.4) is 0 Å². The maximum Gasteiger partial charge on any atom is 0.339 e. The minimum Gasteiger partial charge on any atom is -0.478 e. The number of nitrogens with one attached hydrogen (secondary N) is 1. The lowest BCUT2D eigenvalue weighted by Gasteiger charge is -2.13. The van der Waals surface area contributed by atoms with Gasteiger partial charge in [-0.3, -0.25) is 0 Å². The number of nitrogens with zero attached hydrogens (tertiary/aromatic N) is 2. The maximum atomic E-state index is 11.5. The molecule has 0 saturated heterocycles. The molecule has 0 bridgehead atoms. The molecule has 2 rings (SSSR count). The first-order valence-electron chi connectivity index (χ1n) is 7.52. The summed E-state index contributed by atoms with van der Waals surface area (Å²) in [5, 5.41) is 20.8. The molecule has 1 fully saturated rings. The van der Waals surface area contributed by atoms with Crippen molar-refractivity contribution in [3.63, 3.8) is 0 Å². The van der Waals surface area contributed by atoms with Crippen molar-refractivity contribution in [1.29, 1.82) is 0 Å². The lowest BCUT2D eigenvalue weighted by atomic mass is 10.0. The summed E-state index contributed by atoms with van der Waals surface area (Å²) in [6, 6.07) is 0. The predicted octanol–water partition coefficient (Wildman–Crippen LogP) is 2.90. The number of aromatic carboxylic acids is 1. The largest absolute Gasteiger partial charge is 0.478 e. The lowest BCUT2D eigenvalue weighted by Crippen LogP contribution is -2.15. The van der Waals surface area contributed by atoms with Gasteiger partial charge in [0.15, 0.2) is 5.82 Å². The summed E-state index contributed by atoms with van der Waals surface area (Å²) in [6.07, 6.45) is 6.35. The van der Waals surface area contributed by atoms with Gasteiger partial charge in [-0.25, -0.2) is 4.79 Å². The molecule has 0 amide bonds. The highest BCUT2D eigenvalue weighted by atomic mass is 16.4. The Hall–Kier alpha value is -1.65. The summed E-state index contributed by atoms with van der Waals surface area (Å²) in [4.78, 5) is 11.5. The second-order valence-electron chi connectivity index (χ2n) is 5.37. The van der Waals surface area contributed by atoms with Crippen LogP contribution in [0.15, 0.2) is 0 Å². The molecule has 1 heterocycles. The highest BCUT2D eigenvalue weighted by Crippen LogP contribution is 2.33. The van der Waals surface area contributed by atoms with Crippen LogP contribution in [0.5, 0.6) is 0 Å². The van der Waals surface area contributed by atoms with Crippen LogP contribution in [0.2, 0.25) is 0 Å². The van der Waals surface area contributed by atoms with E-state index in [0.29, 0.717) is 24.2 Å². The summed E-state index contributed by atoms with van der Waals surface area (Å²) < 4.78 is 0. The molecule has 20 heavy (non-hydrogen) atoms. The zero-order chi connectivity index (χ0) is 14.5. The molecule has 2 N–H and O–H groups in total. The molecular weight excluding hydrogens is 254 g/mol. The molecular formula is C15H23N3O2. The minimum atomic E-state index is -0.920. The molecule has 1 aromatic rings. The molecule has 110 valence electrons. The Morgan fingerprint density at radius 3 is 2.60 bits per heavy atom. The molecule has 5 heteroatoms. The van der Waals surface area contributed by atoms with Gasteiger partial charge in [0.05, 0.1) is 5.69 Å². The molecule has 0 aliphatic heterocycles. The molecule has 0 spiro atoms. The topological polar surface area (TPSA) is 75.1 Å². The number of aryl methyl sites for hydroxylation is 1. The van der Waals surface area contributed by atoms with Gasteiger partial charge in [-0.1, -0.05) is 26.7 Å². The van der Waals surface area contributed by atoms with E-state index in [1.165, 1.54) is 19.3 Å². The number of aromatic nitrogens is 2. The van der Waals surface area contributed by atoms with E-state index in [1.54, 1.807) is 0 Å². The molecule has 0 unspecified atom stereocenters. The third-order valence-corrected chi connectivity index (χ3v) is 3.84. The van der Waals surface area contributed by atoms with E-state index in [1.807, 2.05) is 13.8 Å². The van der Waals surface area contributed by atoms with Crippen LogP contribution in [0.4, 0.5) is 5.82 Å². The Kier molecular flexibility index (Phi) is 4.93. The highest BCUT2D eigenvalue weighted by Gasteiger charge is 2.22. The first kappa shape index (κ1) is 14.8. The Balaban J connectivity index is 2.11. The van der Waals surface area contributed by atoms with E-state index < -0.39 is 5.97 Å². The fraction of sp³-hybridized carbons (Fsp3) is 0.667. The third-order valence-electron chi connectivity index (χ3n) is 3.84. The van der Waals surface area contributed by atoms with Gasteiger partial charge < -0.3 is 10.4 Å². The van der Waals surface area contributed by atoms with Crippen molar-refractivity contribution >= 4 is 11.8 Å². The smallest absolute Gasteiger partial charge is 0.339 e. The number of anilines is 1. The summed E-state index contributed by atoms with van der Waals surface area (Å²) in [5.41, 5.74) is 1.89. The van der Waals surface area contributed by atoms with E-state index in [9.17, 15) is 9.90 Å². The number of carbonyl (C=O) groups is 1. The van der Waals surface area contributed by atoms with Crippen LogP contribution in [0.25, 0.3) is 0 Å². The zero-order valence-corrected chi connectivity index (χ0v) is 12.3. The summed E-state index contributed by atoms with van der Waals surface area (Å²) in [7, 11) is 0. The fourth-order valence-corrected chi connectivity index (χ4v) is 2.53. The number of carboxylic acids is 1. The molecule has 1 aliphatic carbocycles. The van der Waals surface area contributed by atoms with Gasteiger partial charge in [-0.2, -0.15) is 5.10 Å². The van der Waals surface area contributed by atoms with Crippen molar-refractivity contribution in [2.75, 3.05) is 11.9 Å². The van der Waals surface area contributed by atoms with Gasteiger partial charge in [-0.15, -0.1) is 5.10 Å². The second-order valence-corrected chi connectivity index (χ2v) is 5.37. The molecule has 1 saturated carbocycles. The minimum absolute atomic E-state index is 0.297. The standard InChI is InChI=1S/C15H23N3O2/c1-3-11-12(4-2)17-18-14(13(11)15(19)20)16-9-5-6-10-7-8-10/h10H,3-9H2,1-2H3,(H,16,18)(H,19,20). The second kappa shape index (κ2) is 6.68. The third kappa shape index (κ3) is 3.46. The molecule has 5 nitrogen and oxygen atoms in total. The quantitative estimate of drug-likeness (QED) is 0.715. The summed E-state index contributed by atoms with van der Waals surface area (Å²) in [6.45, 7) is 4.69. The SMILES string of the molecule is CCc1nnc(NCCCC2CC2)c(C(=O)O)c1CC. The van der Waals surface area contributed by atoms with Crippen molar-refractivity contribution in [3.05, 3.63) is 16.8 Å². The molecule has 0 radical (unpaired) electrons. The Morgan fingerprint density at radius 2 is 2.05 bits per heavy atom. The number of rotatable bonds is 8. The first-order valence-corrected chi connectivity index (χ1v) is 7.52. The van der Waals surface area contributed by atoms with E-state index in [4.69, 9.17) is 0 Å². The highest BCUT2D eigenvalue weighted by molar-refractivity contribution is 5.95. The fourth-order valence-electron chi connectivity index (χ4n) is 2.53. The molecule has 1 aliphatic rings. The molecule has 1 aromatic heterocycles. The van der Waals surface area contributed by atoms with Crippen LogP contribution in [-0.4, -0.2) is 27.8 Å². The zero-order valence-electron chi connectivity index (χ0n) is 12.3. The van der Waals surface area contributed by atoms with Crippen molar-refractivity contribution in [3.8, 4) is 0 Å². The Labute approximate surface area is 119 Å². The molecule has 0 atom stereocenters. The van der Waals surface area contributed by atoms with Crippen LogP contribution < -0.4 is 5.32 Å². The lowest BCUT2D eigenvalue weighted by molar-refractivity contribution is 0.0696. The number of hydrogen-bond donors (Lipinski definition) is 2. The average molecular weight is 277 g/mol. The van der Waals surface area contributed by atoms with Gasteiger partial charge >= 0.3 is 5.97 Å². The van der Waals surface area contributed by atoms with E-state index in [2.05, 4.69) is 15.5 Å². The Morgan fingerprint density at radius 1 is 1.30 bits per heavy atom. The van der Waals surface area contributed by atoms with Gasteiger partial charge in [0.25, 0.3) is 0 Å². The van der Waals surface area contributed by atoms with Crippen molar-refractivity contribution < 1.29 is 9.90 Å². The van der Waals surface area contributed by atoms with Crippen LogP contribution in [0, 0.1) is 5.92 Å². The van der Waals surface area contributed by atoms with Crippen molar-refractivity contribution in [1.82, 2.24) is 10.2 Å². The van der Waals surface area contributed by atoms with Crippen molar-refractivity contribution in [2.24, 2.45) is 5.92 Å². The van der Waals surface area contributed by atoms with Crippen molar-refractivity contribution in [2.45, 2.75) is 52.4 Å². The van der Waals surface area contributed by atoms with Gasteiger partial charge in [0.1, 0.15) is 5.56 Å². The van der Waals surface area contributed by atoms with Gasteiger partial charge in [0, 0.05) is 6.54 Å². The van der Waals surface area contributed by atoms with E-state index >= 15 is 0 Å². The Bertz CT molecular complexity index is 484. The summed E-state index contributed by atoms with van der Waals surface area (Å²) in [5.74, 6) is 0.397. The summed E-state index contributed by atoms with van der Waals surface area (Å²) >= 11 is 0. The number of hydrogen-bond acceptors (Lipinski definition) is 4. The average Bonchev–Trinajstić information content (AvgIpc) is 3.26. The van der Waals surface area contributed by atoms with Crippen LogP contribution >= 0.6 is 0 Å². The van der Waals surface area contributed by atoms with Gasteiger partial charge in [0.2, 0.25) is 0 Å². The molecule has 0 aromatic carbocycles. The normalized spacial score (nSPS) is 14.3. The van der Waals surface area contributed by atoms with E-state index in [0.717, 1.165) is 30.1 Å². The van der Waals surface area contributed by atoms with Crippen LogP contribution in [-0.2, 0) is 12.8 Å². The van der Waals surface area contributed by atoms with Crippen LogP contribution in [0.1, 0.15) is 61.1 Å². The monoisotopic (exact) mass is 277 g/mol. The first-order chi connectivity index (χ1) is 9.67. The predicted molar refractivity (Wildman–Crippen MR) is 78.2 cm³/mol. The van der Waals surface area contributed by atoms with Gasteiger partial charge in [-0.05, 0) is 37.2 Å². The maximum absolute atomic E-state index is 11.5. The van der Waals surface area contributed by atoms with E-state index in [-0.39, 0.29) is 0 Å². The number of carboxylic acid groups (broad SMARTS) is 1.